The first-order valence-electron chi connectivity index (χ1n) is 7.78. The monoisotopic (exact) mass is 343 g/mol. The number of anilines is 1. The Balaban J connectivity index is 2.02. The minimum atomic E-state index is -0.875. The van der Waals surface area contributed by atoms with Gasteiger partial charge in [-0.15, -0.1) is 11.8 Å². The molecule has 0 fully saturated rings. The van der Waals surface area contributed by atoms with Gasteiger partial charge in [-0.05, 0) is 43.5 Å². The molecule has 0 saturated carbocycles. The zero-order chi connectivity index (χ0) is 17.3. The van der Waals surface area contributed by atoms with Crippen molar-refractivity contribution in [2.45, 2.75) is 19.1 Å². The SMILES string of the molecule is CCN(CC)c1ccc2cc(C(=O)C3SC=CC3=O)c(=O)oc2c1. The number of carbonyl (C=O) groups is 2. The first-order chi connectivity index (χ1) is 11.5. The fourth-order valence-corrected chi connectivity index (χ4v) is 3.56. The van der Waals surface area contributed by atoms with Crippen molar-refractivity contribution >= 4 is 40.0 Å². The molecule has 1 aromatic carbocycles. The van der Waals surface area contributed by atoms with Crippen molar-refractivity contribution in [3.05, 3.63) is 51.7 Å². The predicted molar refractivity (Wildman–Crippen MR) is 95.9 cm³/mol. The number of nitrogens with zero attached hydrogens (tertiary/aromatic N) is 1. The standard InChI is InChI=1S/C18H17NO4S/c1-3-19(4-2)12-6-5-11-9-13(18(22)23-15(11)10-12)16(21)17-14(20)7-8-24-17/h5-10,17H,3-4H2,1-2H3. The van der Waals surface area contributed by atoms with Gasteiger partial charge in [0.25, 0.3) is 0 Å². The number of Topliss-reactive ketones (excluding diaryl/α,β-unsaturated/α-hetero) is 1. The molecule has 0 bridgehead atoms. The van der Waals surface area contributed by atoms with Crippen LogP contribution in [-0.2, 0) is 4.79 Å². The molecule has 1 aliphatic heterocycles. The van der Waals surface area contributed by atoms with Gasteiger partial charge in [-0.25, -0.2) is 4.79 Å². The number of carbonyl (C=O) groups excluding carboxylic acids is 2. The van der Waals surface area contributed by atoms with E-state index in [2.05, 4.69) is 18.7 Å². The molecule has 0 N–H and O–H groups in total. The summed E-state index contributed by atoms with van der Waals surface area (Å²) in [4.78, 5) is 38.5. The Kier molecular flexibility index (Phi) is 4.57. The molecule has 124 valence electrons. The highest BCUT2D eigenvalue weighted by Gasteiger charge is 2.31. The van der Waals surface area contributed by atoms with E-state index in [9.17, 15) is 14.4 Å². The molecule has 0 spiro atoms. The van der Waals surface area contributed by atoms with Gasteiger partial charge in [0.15, 0.2) is 11.6 Å². The highest BCUT2D eigenvalue weighted by atomic mass is 32.2. The average molecular weight is 343 g/mol. The molecular weight excluding hydrogens is 326 g/mol. The molecule has 6 heteroatoms. The first-order valence-corrected chi connectivity index (χ1v) is 8.72. The summed E-state index contributed by atoms with van der Waals surface area (Å²) >= 11 is 1.11. The first kappa shape index (κ1) is 16.5. The van der Waals surface area contributed by atoms with E-state index in [4.69, 9.17) is 4.42 Å². The van der Waals surface area contributed by atoms with Crippen molar-refractivity contribution < 1.29 is 14.0 Å². The van der Waals surface area contributed by atoms with Crippen LogP contribution >= 0.6 is 11.8 Å². The third-order valence-electron chi connectivity index (χ3n) is 4.06. The largest absolute Gasteiger partial charge is 0.422 e. The Morgan fingerprint density at radius 1 is 1.21 bits per heavy atom. The number of thioether (sulfide) groups is 1. The van der Waals surface area contributed by atoms with Crippen molar-refractivity contribution in [3.63, 3.8) is 0 Å². The number of hydrogen-bond donors (Lipinski definition) is 0. The van der Waals surface area contributed by atoms with Gasteiger partial charge < -0.3 is 9.32 Å². The molecule has 0 aliphatic carbocycles. The zero-order valence-electron chi connectivity index (χ0n) is 13.4. The van der Waals surface area contributed by atoms with Crippen LogP contribution in [0.25, 0.3) is 11.0 Å². The molecule has 3 rings (SSSR count). The Hall–Kier alpha value is -2.34. The number of ketones is 2. The van der Waals surface area contributed by atoms with Crippen molar-refractivity contribution in [1.82, 2.24) is 0 Å². The summed E-state index contributed by atoms with van der Waals surface area (Å²) < 4.78 is 5.34. The molecule has 2 heterocycles. The lowest BCUT2D eigenvalue weighted by molar-refractivity contribution is -0.113. The van der Waals surface area contributed by atoms with Crippen LogP contribution < -0.4 is 10.5 Å². The van der Waals surface area contributed by atoms with Crippen molar-refractivity contribution in [2.75, 3.05) is 18.0 Å². The fraction of sp³-hybridized carbons (Fsp3) is 0.278. The van der Waals surface area contributed by atoms with Gasteiger partial charge >= 0.3 is 5.63 Å². The molecule has 0 amide bonds. The third-order valence-corrected chi connectivity index (χ3v) is 5.07. The van der Waals surface area contributed by atoms with Gasteiger partial charge in [0.05, 0.1) is 0 Å². The van der Waals surface area contributed by atoms with Crippen LogP contribution in [0, 0.1) is 0 Å². The van der Waals surface area contributed by atoms with Crippen LogP contribution in [0.1, 0.15) is 24.2 Å². The Morgan fingerprint density at radius 2 is 1.96 bits per heavy atom. The number of benzene rings is 1. The second-order valence-corrected chi connectivity index (χ2v) is 6.44. The third kappa shape index (κ3) is 2.89. The summed E-state index contributed by atoms with van der Waals surface area (Å²) in [5, 5.41) is 1.36. The molecule has 2 aromatic rings. The lowest BCUT2D eigenvalue weighted by Crippen LogP contribution is -2.27. The van der Waals surface area contributed by atoms with Gasteiger partial charge in [0.1, 0.15) is 16.4 Å². The van der Waals surface area contributed by atoms with Crippen LogP contribution in [0.3, 0.4) is 0 Å². The highest BCUT2D eigenvalue weighted by Crippen LogP contribution is 2.26. The maximum absolute atomic E-state index is 12.4. The maximum Gasteiger partial charge on any atom is 0.347 e. The van der Waals surface area contributed by atoms with E-state index >= 15 is 0 Å². The average Bonchev–Trinajstić information content (AvgIpc) is 3.00. The number of fused-ring (bicyclic) bond motifs is 1. The van der Waals surface area contributed by atoms with Crippen molar-refractivity contribution in [1.29, 1.82) is 0 Å². The summed E-state index contributed by atoms with van der Waals surface area (Å²) in [5.74, 6) is -0.792. The minimum absolute atomic E-state index is 0.0763. The van der Waals surface area contributed by atoms with E-state index in [1.54, 1.807) is 11.5 Å². The predicted octanol–water partition coefficient (Wildman–Crippen LogP) is 3.02. The quantitative estimate of drug-likeness (QED) is 0.472. The summed E-state index contributed by atoms with van der Waals surface area (Å²) in [6.07, 6.45) is 1.35. The van der Waals surface area contributed by atoms with E-state index in [-0.39, 0.29) is 11.3 Å². The second kappa shape index (κ2) is 6.65. The Morgan fingerprint density at radius 3 is 2.58 bits per heavy atom. The summed E-state index contributed by atoms with van der Waals surface area (Å²) in [6, 6.07) is 7.07. The van der Waals surface area contributed by atoms with Crippen LogP contribution in [0.5, 0.6) is 0 Å². The van der Waals surface area contributed by atoms with Crippen LogP contribution in [0.2, 0.25) is 0 Å². The second-order valence-electron chi connectivity index (χ2n) is 5.43. The van der Waals surface area contributed by atoms with Gasteiger partial charge in [-0.2, -0.15) is 0 Å². The lowest BCUT2D eigenvalue weighted by Gasteiger charge is -2.21. The van der Waals surface area contributed by atoms with Gasteiger partial charge in [0, 0.05) is 30.2 Å². The van der Waals surface area contributed by atoms with Crippen molar-refractivity contribution in [3.8, 4) is 0 Å². The van der Waals surface area contributed by atoms with Crippen LogP contribution in [-0.4, -0.2) is 29.9 Å². The zero-order valence-corrected chi connectivity index (χ0v) is 14.3. The van der Waals surface area contributed by atoms with Crippen LogP contribution in [0.15, 0.2) is 45.0 Å². The molecule has 1 unspecified atom stereocenters. The van der Waals surface area contributed by atoms with Gasteiger partial charge in [0.2, 0.25) is 0 Å². The molecule has 0 radical (unpaired) electrons. The smallest absolute Gasteiger partial charge is 0.347 e. The fourth-order valence-electron chi connectivity index (χ4n) is 2.73. The number of hydrogen-bond acceptors (Lipinski definition) is 6. The normalized spacial score (nSPS) is 16.8. The van der Waals surface area contributed by atoms with E-state index in [1.807, 2.05) is 12.1 Å². The molecule has 1 aliphatic rings. The molecule has 24 heavy (non-hydrogen) atoms. The summed E-state index contributed by atoms with van der Waals surface area (Å²) in [5.41, 5.74) is 0.613. The Bertz CT molecular complexity index is 896. The maximum atomic E-state index is 12.4. The lowest BCUT2D eigenvalue weighted by atomic mass is 10.1. The van der Waals surface area contributed by atoms with Gasteiger partial charge in [-0.1, -0.05) is 0 Å². The van der Waals surface area contributed by atoms with Crippen molar-refractivity contribution in [2.24, 2.45) is 0 Å². The molecule has 5 nitrogen and oxygen atoms in total. The summed E-state index contributed by atoms with van der Waals surface area (Å²) in [7, 11) is 0. The topological polar surface area (TPSA) is 67.6 Å². The molecule has 1 atom stereocenters. The molecule has 0 saturated heterocycles. The van der Waals surface area contributed by atoms with E-state index in [0.717, 1.165) is 30.5 Å². The van der Waals surface area contributed by atoms with E-state index < -0.39 is 16.7 Å². The highest BCUT2D eigenvalue weighted by molar-refractivity contribution is 8.04. The van der Waals surface area contributed by atoms with Crippen LogP contribution in [0.4, 0.5) is 5.69 Å². The number of allylic oxidation sites excluding steroid dienone is 1. The Labute approximate surface area is 143 Å². The number of rotatable bonds is 5. The molecular formula is C18H17NO4S. The van der Waals surface area contributed by atoms with E-state index in [0.29, 0.717) is 11.0 Å². The minimum Gasteiger partial charge on any atom is -0.422 e. The van der Waals surface area contributed by atoms with Gasteiger partial charge in [-0.3, -0.25) is 9.59 Å². The molecule has 1 aromatic heterocycles. The summed E-state index contributed by atoms with van der Waals surface area (Å²) in [6.45, 7) is 5.79. The van der Waals surface area contributed by atoms with E-state index in [1.165, 1.54) is 12.1 Å².